The number of unbranched alkanes of at least 4 members (excludes halogenated alkanes) is 7. The molecule has 2 aliphatic rings. The third kappa shape index (κ3) is 13.0. The zero-order chi connectivity index (χ0) is 29.4. The third-order valence-corrected chi connectivity index (χ3v) is 9.96. The second-order valence-electron chi connectivity index (χ2n) is 13.4. The Morgan fingerprint density at radius 1 is 1.02 bits per heavy atom. The van der Waals surface area contributed by atoms with Crippen LogP contribution >= 0.6 is 0 Å². The number of rotatable bonds is 22. The lowest BCUT2D eigenvalue weighted by atomic mass is 9.77. The van der Waals surface area contributed by atoms with Crippen molar-refractivity contribution in [1.82, 2.24) is 0 Å². The predicted octanol–water partition coefficient (Wildman–Crippen LogP) is 1.15. The van der Waals surface area contributed by atoms with Crippen molar-refractivity contribution < 1.29 is 35.9 Å². The topological polar surface area (TPSA) is 160 Å². The first-order valence-corrected chi connectivity index (χ1v) is 16.8. The van der Waals surface area contributed by atoms with E-state index in [1.165, 1.54) is 32.1 Å². The molecule has 0 radical (unpaired) electrons. The quantitative estimate of drug-likeness (QED) is 0.107. The summed E-state index contributed by atoms with van der Waals surface area (Å²) in [5, 5.41) is 49.1. The van der Waals surface area contributed by atoms with Crippen LogP contribution in [0.1, 0.15) is 129 Å². The normalized spacial score (nSPS) is 28.3. The summed E-state index contributed by atoms with van der Waals surface area (Å²) in [6.07, 6.45) is 16.6. The lowest BCUT2D eigenvalue weighted by Gasteiger charge is -2.35. The van der Waals surface area contributed by atoms with Gasteiger partial charge in [-0.3, -0.25) is 5.73 Å². The third-order valence-electron chi connectivity index (χ3n) is 9.96. The Kier molecular flexibility index (Phi) is 17.2. The molecule has 1 aliphatic carbocycles. The number of quaternary nitrogens is 2. The Balaban J connectivity index is 1.74. The summed E-state index contributed by atoms with van der Waals surface area (Å²) in [6, 6.07) is 0. The maximum Gasteiger partial charge on any atom is 0.137 e. The molecule has 0 aromatic rings. The first kappa shape index (κ1) is 35.4. The van der Waals surface area contributed by atoms with Crippen LogP contribution in [0.2, 0.25) is 0 Å². The summed E-state index contributed by atoms with van der Waals surface area (Å²) in [5.41, 5.74) is 5.29. The molecule has 8 heteroatoms. The van der Waals surface area contributed by atoms with Gasteiger partial charge < -0.3 is 35.9 Å². The standard InChI is InChI=1S/C32H63N3O5/c1-3-4-5-6-9-12-27(36)13-10-7-8-11-14-28(31(38)39)29(37)21-26(23-34-2)32(40)17-15-25(22-32)19-24-16-18-35-30(33)20-24/h24-30,34-37,40H,3-23,33H2,1-2H3,(H,38,39)/p+1/t24?,25-,26-,27-,28-,29+,30?,32+/m0/s1. The van der Waals surface area contributed by atoms with Crippen molar-refractivity contribution in [2.45, 2.75) is 153 Å². The number of aliphatic hydroxyl groups excluding tert-OH is 2. The highest BCUT2D eigenvalue weighted by Gasteiger charge is 2.46. The second kappa shape index (κ2) is 19.4. The summed E-state index contributed by atoms with van der Waals surface area (Å²) in [7, 11) is 1.97. The van der Waals surface area contributed by atoms with Gasteiger partial charge in [-0.2, -0.15) is 0 Å². The average molecular weight is 571 g/mol. The molecule has 9 N–H and O–H groups in total. The number of aliphatic hydroxyl groups is 3. The lowest BCUT2D eigenvalue weighted by molar-refractivity contribution is -0.699. The van der Waals surface area contributed by atoms with Crippen LogP contribution in [0, 0.1) is 23.7 Å². The molecule has 0 amide bonds. The number of carbonyl (C=O) groups excluding carboxylic acids is 1. The fourth-order valence-electron chi connectivity index (χ4n) is 7.53. The molecule has 2 unspecified atom stereocenters. The summed E-state index contributed by atoms with van der Waals surface area (Å²) in [4.78, 5) is 12.0. The van der Waals surface area contributed by atoms with E-state index < -0.39 is 23.6 Å². The van der Waals surface area contributed by atoms with Crippen molar-refractivity contribution in [2.24, 2.45) is 29.4 Å². The minimum atomic E-state index is -1.19. The molecular formula is C32H64N3O5+. The van der Waals surface area contributed by atoms with Gasteiger partial charge in [0, 0.05) is 24.2 Å². The van der Waals surface area contributed by atoms with E-state index in [2.05, 4.69) is 12.2 Å². The van der Waals surface area contributed by atoms with Crippen molar-refractivity contribution in [3.8, 4) is 0 Å². The van der Waals surface area contributed by atoms with Gasteiger partial charge in [0.15, 0.2) is 0 Å². The van der Waals surface area contributed by atoms with Gasteiger partial charge in [-0.05, 0) is 69.6 Å². The van der Waals surface area contributed by atoms with Gasteiger partial charge in [-0.1, -0.05) is 64.7 Å². The van der Waals surface area contributed by atoms with E-state index in [9.17, 15) is 25.2 Å². The van der Waals surface area contributed by atoms with Crippen LogP contribution in [0.4, 0.5) is 0 Å². The van der Waals surface area contributed by atoms with Crippen LogP contribution in [-0.4, -0.2) is 65.4 Å². The highest BCUT2D eigenvalue weighted by Crippen LogP contribution is 2.44. The second-order valence-corrected chi connectivity index (χ2v) is 13.4. The highest BCUT2D eigenvalue weighted by atomic mass is 16.4. The predicted molar refractivity (Wildman–Crippen MR) is 157 cm³/mol. The molecule has 8 atom stereocenters. The fraction of sp³-hybridized carbons (Fsp3) is 0.969. The van der Waals surface area contributed by atoms with E-state index in [-0.39, 0.29) is 18.2 Å². The Labute approximate surface area is 244 Å². The maximum absolute atomic E-state index is 12.0. The molecule has 0 bridgehead atoms. The van der Waals surface area contributed by atoms with Crippen LogP contribution in [0.15, 0.2) is 0 Å². The molecule has 0 spiro atoms. The molecule has 0 aromatic heterocycles. The summed E-state index contributed by atoms with van der Waals surface area (Å²) in [5.74, 6) is -1.16. The average Bonchev–Trinajstić information content (AvgIpc) is 3.28. The van der Waals surface area contributed by atoms with Gasteiger partial charge in [-0.25, -0.2) is 0 Å². The molecule has 2 fully saturated rings. The Morgan fingerprint density at radius 2 is 1.68 bits per heavy atom. The first-order valence-electron chi connectivity index (χ1n) is 16.8. The van der Waals surface area contributed by atoms with Crippen LogP contribution in [-0.2, 0) is 4.79 Å². The molecule has 2 rings (SSSR count). The van der Waals surface area contributed by atoms with Crippen LogP contribution in [0.25, 0.3) is 0 Å². The number of carboxylic acids is 1. The fourth-order valence-corrected chi connectivity index (χ4v) is 7.53. The first-order chi connectivity index (χ1) is 19.2. The van der Waals surface area contributed by atoms with E-state index in [0.29, 0.717) is 37.6 Å². The molecule has 8 nitrogen and oxygen atoms in total. The summed E-state index contributed by atoms with van der Waals surface area (Å²) in [6.45, 7) is 3.95. The zero-order valence-corrected chi connectivity index (χ0v) is 25.8. The van der Waals surface area contributed by atoms with Crippen molar-refractivity contribution >= 4 is 5.97 Å². The van der Waals surface area contributed by atoms with Crippen LogP contribution in [0.3, 0.4) is 0 Å². The van der Waals surface area contributed by atoms with Gasteiger partial charge in [0.25, 0.3) is 0 Å². The maximum atomic E-state index is 12.0. The van der Waals surface area contributed by atoms with Gasteiger partial charge >= 0.3 is 0 Å². The highest BCUT2D eigenvalue weighted by molar-refractivity contribution is 5.68. The molecule has 1 aliphatic heterocycles. The number of hydrogen-bond acceptors (Lipinski definition) is 6. The van der Waals surface area contributed by atoms with Crippen LogP contribution in [0.5, 0.6) is 0 Å². The molecule has 1 saturated carbocycles. The SMILES string of the molecule is CCCCCCC[C@H](O)CCCCCC[C@H](C(=O)[O-])[C@H](O)C[C@@H](C[NH2+]C)[C@@]1(O)CC[C@@H](CC2CC[NH2+]C(N)C2)C1. The number of piperidine rings is 1. The van der Waals surface area contributed by atoms with E-state index >= 15 is 0 Å². The summed E-state index contributed by atoms with van der Waals surface area (Å²) >= 11 is 0. The van der Waals surface area contributed by atoms with Crippen molar-refractivity contribution in [3.63, 3.8) is 0 Å². The van der Waals surface area contributed by atoms with Gasteiger partial charge in [-0.15, -0.1) is 0 Å². The lowest BCUT2D eigenvalue weighted by Crippen LogP contribution is -2.94. The smallest absolute Gasteiger partial charge is 0.137 e. The Bertz CT molecular complexity index is 683. The largest absolute Gasteiger partial charge is 0.550 e. The van der Waals surface area contributed by atoms with E-state index in [1.54, 1.807) is 0 Å². The van der Waals surface area contributed by atoms with Gasteiger partial charge in [0.2, 0.25) is 0 Å². The molecular weight excluding hydrogens is 506 g/mol. The van der Waals surface area contributed by atoms with Crippen molar-refractivity contribution in [2.75, 3.05) is 20.1 Å². The van der Waals surface area contributed by atoms with Crippen LogP contribution < -0.4 is 21.5 Å². The number of carboxylic acid groups (broad SMARTS) is 1. The van der Waals surface area contributed by atoms with E-state index in [4.69, 9.17) is 5.73 Å². The minimum absolute atomic E-state index is 0.148. The van der Waals surface area contributed by atoms with Crippen molar-refractivity contribution in [1.29, 1.82) is 0 Å². The zero-order valence-electron chi connectivity index (χ0n) is 25.8. The number of hydrogen-bond donors (Lipinski definition) is 6. The number of nitrogens with two attached hydrogens (primary N) is 3. The Morgan fingerprint density at radius 3 is 2.27 bits per heavy atom. The van der Waals surface area contributed by atoms with E-state index in [1.807, 2.05) is 12.4 Å². The number of aliphatic carboxylic acids is 1. The molecule has 1 heterocycles. The molecule has 40 heavy (non-hydrogen) atoms. The molecule has 1 saturated heterocycles. The monoisotopic (exact) mass is 570 g/mol. The molecule has 0 aromatic carbocycles. The summed E-state index contributed by atoms with van der Waals surface area (Å²) < 4.78 is 0. The van der Waals surface area contributed by atoms with Crippen molar-refractivity contribution in [3.05, 3.63) is 0 Å². The molecule has 236 valence electrons. The van der Waals surface area contributed by atoms with E-state index in [0.717, 1.165) is 77.2 Å². The van der Waals surface area contributed by atoms with Gasteiger partial charge in [0.05, 0.1) is 37.9 Å². The Hall–Kier alpha value is -0.770. The number of carbonyl (C=O) groups is 1. The van der Waals surface area contributed by atoms with Gasteiger partial charge in [0.1, 0.15) is 6.17 Å². The minimum Gasteiger partial charge on any atom is -0.550 e.